The number of ether oxygens (including phenoxy) is 1. The van der Waals surface area contributed by atoms with Crippen molar-refractivity contribution in [3.63, 3.8) is 0 Å². The number of carboxylic acids is 1. The fraction of sp³-hybridized carbons (Fsp3) is 0.400. The summed E-state index contributed by atoms with van der Waals surface area (Å²) < 4.78 is 5.02. The van der Waals surface area contributed by atoms with Crippen molar-refractivity contribution in [2.45, 2.75) is 18.5 Å². The van der Waals surface area contributed by atoms with Crippen LogP contribution in [0.1, 0.15) is 16.8 Å². The van der Waals surface area contributed by atoms with E-state index in [1.54, 1.807) is 24.3 Å². The van der Waals surface area contributed by atoms with Crippen molar-refractivity contribution in [2.75, 3.05) is 20.2 Å². The molecular weight excluding hydrogens is 302 g/mol. The van der Waals surface area contributed by atoms with Gasteiger partial charge in [-0.2, -0.15) is 0 Å². The van der Waals surface area contributed by atoms with Crippen LogP contribution in [0.2, 0.25) is 0 Å². The van der Waals surface area contributed by atoms with Crippen LogP contribution in [0.15, 0.2) is 24.3 Å². The molecule has 0 aromatic heterocycles. The molecule has 8 heteroatoms. The second kappa shape index (κ2) is 7.10. The summed E-state index contributed by atoms with van der Waals surface area (Å²) in [4.78, 5) is 36.3. The molecule has 2 unspecified atom stereocenters. The first-order valence-electron chi connectivity index (χ1n) is 7.13. The highest BCUT2D eigenvalue weighted by Gasteiger charge is 2.39. The lowest BCUT2D eigenvalue weighted by Crippen LogP contribution is -2.44. The van der Waals surface area contributed by atoms with E-state index in [4.69, 9.17) is 10.5 Å². The minimum Gasteiger partial charge on any atom is -0.497 e. The Kier molecular flexibility index (Phi) is 5.17. The minimum absolute atomic E-state index is 0.134. The molecule has 0 saturated carbocycles. The van der Waals surface area contributed by atoms with Gasteiger partial charge in [-0.1, -0.05) is 0 Å². The zero-order valence-corrected chi connectivity index (χ0v) is 12.7. The van der Waals surface area contributed by atoms with Crippen LogP contribution in [0.25, 0.3) is 0 Å². The van der Waals surface area contributed by atoms with Gasteiger partial charge in [0.15, 0.2) is 0 Å². The van der Waals surface area contributed by atoms with Gasteiger partial charge in [0.05, 0.1) is 13.7 Å². The summed E-state index contributed by atoms with van der Waals surface area (Å²) in [6, 6.07) is 5.15. The summed E-state index contributed by atoms with van der Waals surface area (Å²) in [5.41, 5.74) is 5.73. The molecular formula is C15H19N3O5. The van der Waals surface area contributed by atoms with Crippen molar-refractivity contribution < 1.29 is 24.2 Å². The number of methoxy groups -OCH3 is 1. The third kappa shape index (κ3) is 3.78. The molecule has 1 heterocycles. The van der Waals surface area contributed by atoms with E-state index < -0.39 is 24.0 Å². The molecule has 2 amide bonds. The van der Waals surface area contributed by atoms with E-state index in [-0.39, 0.29) is 25.4 Å². The largest absolute Gasteiger partial charge is 0.497 e. The Morgan fingerprint density at radius 2 is 2.00 bits per heavy atom. The molecule has 0 spiro atoms. The summed E-state index contributed by atoms with van der Waals surface area (Å²) in [5.74, 6) is -1.25. The van der Waals surface area contributed by atoms with E-state index in [9.17, 15) is 19.5 Å². The number of hydrogen-bond donors (Lipinski definition) is 3. The quantitative estimate of drug-likeness (QED) is 0.668. The van der Waals surface area contributed by atoms with Crippen LogP contribution < -0.4 is 15.8 Å². The highest BCUT2D eigenvalue weighted by Crippen LogP contribution is 2.19. The van der Waals surface area contributed by atoms with Gasteiger partial charge in [0, 0.05) is 24.6 Å². The molecule has 1 aliphatic heterocycles. The number of aliphatic carboxylic acids is 1. The van der Waals surface area contributed by atoms with E-state index in [1.807, 2.05) is 0 Å². The highest BCUT2D eigenvalue weighted by atomic mass is 16.5. The Balaban J connectivity index is 2.03. The number of likely N-dealkylation sites (tertiary alicyclic amines) is 1. The maximum atomic E-state index is 12.2. The molecule has 23 heavy (non-hydrogen) atoms. The molecule has 124 valence electrons. The fourth-order valence-electron chi connectivity index (χ4n) is 2.58. The van der Waals surface area contributed by atoms with Gasteiger partial charge in [-0.05, 0) is 24.3 Å². The predicted octanol–water partition coefficient (Wildman–Crippen LogP) is -0.562. The number of amides is 2. The van der Waals surface area contributed by atoms with Gasteiger partial charge in [0.2, 0.25) is 5.91 Å². The van der Waals surface area contributed by atoms with E-state index in [0.717, 1.165) is 0 Å². The normalized spacial score (nSPS) is 20.2. The minimum atomic E-state index is -1.10. The van der Waals surface area contributed by atoms with Crippen LogP contribution >= 0.6 is 0 Å². The average molecular weight is 321 g/mol. The first-order chi connectivity index (χ1) is 11.0. The van der Waals surface area contributed by atoms with Gasteiger partial charge in [-0.25, -0.2) is 4.79 Å². The third-order valence-corrected chi connectivity index (χ3v) is 3.77. The van der Waals surface area contributed by atoms with Crippen LogP contribution in [0.5, 0.6) is 5.75 Å². The molecule has 1 aromatic rings. The van der Waals surface area contributed by atoms with Gasteiger partial charge < -0.3 is 25.8 Å². The number of benzene rings is 1. The number of carbonyl (C=O) groups excluding carboxylic acids is 2. The smallest absolute Gasteiger partial charge is 0.326 e. The Bertz CT molecular complexity index is 602. The molecule has 0 aliphatic carbocycles. The molecule has 1 aromatic carbocycles. The predicted molar refractivity (Wildman–Crippen MR) is 81.1 cm³/mol. The van der Waals surface area contributed by atoms with Crippen LogP contribution in [-0.2, 0) is 9.59 Å². The monoisotopic (exact) mass is 321 g/mol. The van der Waals surface area contributed by atoms with Gasteiger partial charge in [-0.3, -0.25) is 9.59 Å². The van der Waals surface area contributed by atoms with Crippen LogP contribution in [0.4, 0.5) is 0 Å². The maximum absolute atomic E-state index is 12.2. The number of rotatable bonds is 5. The van der Waals surface area contributed by atoms with Crippen LogP contribution in [0, 0.1) is 0 Å². The number of carboxylic acid groups (broad SMARTS) is 1. The van der Waals surface area contributed by atoms with Crippen LogP contribution in [0.3, 0.4) is 0 Å². The first-order valence-corrected chi connectivity index (χ1v) is 7.13. The molecule has 2 atom stereocenters. The zero-order chi connectivity index (χ0) is 17.0. The number of carbonyl (C=O) groups is 3. The van der Waals surface area contributed by atoms with Crippen molar-refractivity contribution in [1.29, 1.82) is 0 Å². The summed E-state index contributed by atoms with van der Waals surface area (Å²) >= 11 is 0. The maximum Gasteiger partial charge on any atom is 0.326 e. The molecule has 1 fully saturated rings. The summed E-state index contributed by atoms with van der Waals surface area (Å²) in [7, 11) is 1.53. The van der Waals surface area contributed by atoms with Crippen molar-refractivity contribution in [3.8, 4) is 5.75 Å². The summed E-state index contributed by atoms with van der Waals surface area (Å²) in [5, 5.41) is 11.9. The lowest BCUT2D eigenvalue weighted by molar-refractivity contribution is -0.147. The SMILES string of the molecule is COc1ccc(C(=O)NC2CC(C(=O)O)N(C(=O)CN)C2)cc1. The number of hydrogen-bond acceptors (Lipinski definition) is 5. The average Bonchev–Trinajstić information content (AvgIpc) is 2.98. The second-order valence-electron chi connectivity index (χ2n) is 5.24. The van der Waals surface area contributed by atoms with Gasteiger partial charge in [0.1, 0.15) is 11.8 Å². The zero-order valence-electron chi connectivity index (χ0n) is 12.7. The molecule has 0 bridgehead atoms. The Morgan fingerprint density at radius 1 is 1.35 bits per heavy atom. The Morgan fingerprint density at radius 3 is 2.52 bits per heavy atom. The standard InChI is InChI=1S/C15H19N3O5/c1-23-11-4-2-9(3-5-11)14(20)17-10-6-12(15(21)22)18(8-10)13(19)7-16/h2-5,10,12H,6-8,16H2,1H3,(H,17,20)(H,21,22). The fourth-order valence-corrected chi connectivity index (χ4v) is 2.58. The third-order valence-electron chi connectivity index (χ3n) is 3.77. The van der Waals surface area contributed by atoms with Gasteiger partial charge in [-0.15, -0.1) is 0 Å². The second-order valence-corrected chi connectivity index (χ2v) is 5.24. The van der Waals surface area contributed by atoms with Crippen molar-refractivity contribution >= 4 is 17.8 Å². The topological polar surface area (TPSA) is 122 Å². The lowest BCUT2D eigenvalue weighted by Gasteiger charge is -2.20. The molecule has 1 aliphatic rings. The Labute approximate surface area is 133 Å². The lowest BCUT2D eigenvalue weighted by atomic mass is 10.1. The summed E-state index contributed by atoms with van der Waals surface area (Å²) in [6.07, 6.45) is 0.156. The van der Waals surface area contributed by atoms with E-state index in [0.29, 0.717) is 11.3 Å². The Hall–Kier alpha value is -2.61. The van der Waals surface area contributed by atoms with E-state index >= 15 is 0 Å². The highest BCUT2D eigenvalue weighted by molar-refractivity contribution is 5.94. The number of nitrogens with two attached hydrogens (primary N) is 1. The molecule has 8 nitrogen and oxygen atoms in total. The first kappa shape index (κ1) is 16.8. The van der Waals surface area contributed by atoms with Crippen molar-refractivity contribution in [1.82, 2.24) is 10.2 Å². The molecule has 4 N–H and O–H groups in total. The van der Waals surface area contributed by atoms with E-state index in [1.165, 1.54) is 12.0 Å². The van der Waals surface area contributed by atoms with E-state index in [2.05, 4.69) is 5.32 Å². The molecule has 1 saturated heterocycles. The number of nitrogens with one attached hydrogen (secondary N) is 1. The van der Waals surface area contributed by atoms with Crippen molar-refractivity contribution in [3.05, 3.63) is 29.8 Å². The van der Waals surface area contributed by atoms with Crippen LogP contribution in [-0.4, -0.2) is 60.1 Å². The number of nitrogens with zero attached hydrogens (tertiary/aromatic N) is 1. The van der Waals surface area contributed by atoms with Gasteiger partial charge >= 0.3 is 5.97 Å². The van der Waals surface area contributed by atoms with Gasteiger partial charge in [0.25, 0.3) is 5.91 Å². The van der Waals surface area contributed by atoms with Crippen molar-refractivity contribution in [2.24, 2.45) is 5.73 Å². The molecule has 0 radical (unpaired) electrons. The molecule has 2 rings (SSSR count). The summed E-state index contributed by atoms with van der Waals surface area (Å²) in [6.45, 7) is -0.127.